The molecule has 1 fully saturated rings. The van der Waals surface area contributed by atoms with Gasteiger partial charge in [0.1, 0.15) is 17.5 Å². The van der Waals surface area contributed by atoms with Gasteiger partial charge in [-0.3, -0.25) is 0 Å². The molecule has 1 saturated carbocycles. The van der Waals surface area contributed by atoms with Gasteiger partial charge in [-0.15, -0.1) is 0 Å². The molecule has 6 aromatic heterocycles. The fraction of sp³-hybridized carbons (Fsp3) is 0.200. The molecule has 0 atom stereocenters. The van der Waals surface area contributed by atoms with E-state index in [1.54, 1.807) is 0 Å². The zero-order chi connectivity index (χ0) is 23.1. The number of hydrogen-bond donors (Lipinski definition) is 0. The van der Waals surface area contributed by atoms with E-state index in [4.69, 9.17) is 0 Å². The van der Waals surface area contributed by atoms with Crippen molar-refractivity contribution in [1.82, 2.24) is 27.4 Å². The van der Waals surface area contributed by atoms with Crippen molar-refractivity contribution in [2.45, 2.75) is 35.9 Å². The van der Waals surface area contributed by atoms with Gasteiger partial charge in [0.2, 0.25) is 0 Å². The second-order valence-corrected chi connectivity index (χ2v) is 10.8. The Morgan fingerprint density at radius 1 is 0.361 bits per heavy atom. The van der Waals surface area contributed by atoms with Crippen LogP contribution < -0.4 is 0 Å². The Labute approximate surface area is 207 Å². The maximum Gasteiger partial charge on any atom is 0.117 e. The molecule has 0 amide bonds. The second-order valence-electron chi connectivity index (χ2n) is 10.8. The van der Waals surface area contributed by atoms with Crippen molar-refractivity contribution in [2.75, 3.05) is 0 Å². The molecular formula is C30H24N6. The van der Waals surface area contributed by atoms with Crippen molar-refractivity contribution < 1.29 is 0 Å². The Hall–Kier alpha value is -4.32. The number of aromatic nitrogens is 6. The van der Waals surface area contributed by atoms with Crippen LogP contribution in [0.4, 0.5) is 0 Å². The summed E-state index contributed by atoms with van der Waals surface area (Å²) in [4.78, 5) is 0. The van der Waals surface area contributed by atoms with Crippen LogP contribution in [-0.4, -0.2) is 27.4 Å². The molecule has 0 N–H and O–H groups in total. The van der Waals surface area contributed by atoms with Gasteiger partial charge in [0.25, 0.3) is 0 Å². The largest absolute Gasteiger partial charge is 0.330 e. The lowest BCUT2D eigenvalue weighted by atomic mass is 9.60. The molecule has 3 aliphatic heterocycles. The summed E-state index contributed by atoms with van der Waals surface area (Å²) in [6.07, 6.45) is 13.7. The van der Waals surface area contributed by atoms with E-state index in [9.17, 15) is 0 Å². The number of hydrogen-bond acceptors (Lipinski definition) is 0. The van der Waals surface area contributed by atoms with E-state index in [1.807, 2.05) is 0 Å². The van der Waals surface area contributed by atoms with Crippen LogP contribution in [0.15, 0.2) is 110 Å². The average Bonchev–Trinajstić information content (AvgIpc) is 3.73. The second kappa shape index (κ2) is 5.90. The highest BCUT2D eigenvalue weighted by Gasteiger charge is 2.59. The fourth-order valence-electron chi connectivity index (χ4n) is 8.51. The fourth-order valence-corrected chi connectivity index (χ4v) is 8.51. The van der Waals surface area contributed by atoms with Gasteiger partial charge in [-0.1, -0.05) is 0 Å². The Balaban J connectivity index is 1.35. The number of rotatable bonds is 0. The highest BCUT2D eigenvalue weighted by molar-refractivity contribution is 5.49. The molecule has 6 aromatic rings. The Kier molecular flexibility index (Phi) is 2.95. The lowest BCUT2D eigenvalue weighted by Crippen LogP contribution is -2.51. The minimum Gasteiger partial charge on any atom is -0.330 e. The molecular weight excluding hydrogens is 444 g/mol. The van der Waals surface area contributed by atoms with Gasteiger partial charge in [0, 0.05) is 72.0 Å². The third kappa shape index (κ3) is 1.82. The third-order valence-corrected chi connectivity index (χ3v) is 9.55. The summed E-state index contributed by atoms with van der Waals surface area (Å²) in [5.41, 5.74) is 4.28. The summed E-state index contributed by atoms with van der Waals surface area (Å²) in [6, 6.07) is 28.2. The smallest absolute Gasteiger partial charge is 0.117 e. The van der Waals surface area contributed by atoms with Gasteiger partial charge in [-0.2, -0.15) is 0 Å². The first kappa shape index (κ1) is 18.0. The zero-order valence-electron chi connectivity index (χ0n) is 19.5. The van der Waals surface area contributed by atoms with Crippen LogP contribution in [0.5, 0.6) is 0 Å². The molecule has 1 aliphatic carbocycles. The minimum atomic E-state index is 0.310. The molecule has 0 aromatic carbocycles. The number of nitrogens with zero attached hydrogens (tertiary/aromatic N) is 6. The van der Waals surface area contributed by atoms with E-state index in [0.29, 0.717) is 35.9 Å². The molecule has 0 saturated heterocycles. The van der Waals surface area contributed by atoms with E-state index in [1.165, 1.54) is 34.5 Å². The van der Waals surface area contributed by atoms with Crippen LogP contribution in [-0.2, 0) is 0 Å². The van der Waals surface area contributed by atoms with Crippen LogP contribution in [0.25, 0.3) is 17.5 Å². The lowest BCUT2D eigenvalue weighted by Gasteiger charge is -2.57. The van der Waals surface area contributed by atoms with Crippen LogP contribution in [0.2, 0.25) is 0 Å². The van der Waals surface area contributed by atoms with E-state index >= 15 is 0 Å². The first-order chi connectivity index (χ1) is 17.9. The summed E-state index contributed by atoms with van der Waals surface area (Å²) < 4.78 is 15.0. The van der Waals surface area contributed by atoms with Crippen LogP contribution in [0.3, 0.4) is 0 Å². The van der Waals surface area contributed by atoms with Gasteiger partial charge in [0.05, 0.1) is 18.1 Å². The highest BCUT2D eigenvalue weighted by atomic mass is 15.3. The first-order valence-corrected chi connectivity index (χ1v) is 12.9. The molecule has 0 spiro atoms. The molecule has 9 heterocycles. The summed E-state index contributed by atoms with van der Waals surface area (Å²) >= 11 is 0. The normalized spacial score (nSPS) is 28.0. The van der Waals surface area contributed by atoms with Crippen LogP contribution in [0.1, 0.15) is 53.0 Å². The van der Waals surface area contributed by atoms with Crippen molar-refractivity contribution in [3.8, 4) is 17.5 Å². The molecule has 10 rings (SSSR count). The van der Waals surface area contributed by atoms with Gasteiger partial charge < -0.3 is 27.4 Å². The number of fused-ring (bicyclic) bond motifs is 21. The van der Waals surface area contributed by atoms with Gasteiger partial charge in [-0.05, 0) is 72.8 Å². The Bertz CT molecular complexity index is 1460. The SMILES string of the molecule is c1cc2n(c1)-c1cccn1C1C2C2C(c3cccn3-c3cccn32)C2C1c1cccn1-c1cccn12. The molecule has 0 unspecified atom stereocenters. The zero-order valence-corrected chi connectivity index (χ0v) is 19.5. The van der Waals surface area contributed by atoms with E-state index in [2.05, 4.69) is 137 Å². The van der Waals surface area contributed by atoms with Gasteiger partial charge in [0.15, 0.2) is 0 Å². The maximum atomic E-state index is 2.58. The summed E-state index contributed by atoms with van der Waals surface area (Å²) in [7, 11) is 0. The topological polar surface area (TPSA) is 29.6 Å². The molecule has 6 heteroatoms. The predicted molar refractivity (Wildman–Crippen MR) is 137 cm³/mol. The van der Waals surface area contributed by atoms with Crippen LogP contribution >= 0.6 is 0 Å². The highest BCUT2D eigenvalue weighted by Crippen LogP contribution is 2.67. The van der Waals surface area contributed by atoms with Crippen molar-refractivity contribution in [3.05, 3.63) is 127 Å². The monoisotopic (exact) mass is 468 g/mol. The molecule has 36 heavy (non-hydrogen) atoms. The molecule has 0 radical (unpaired) electrons. The van der Waals surface area contributed by atoms with E-state index in [0.717, 1.165) is 0 Å². The van der Waals surface area contributed by atoms with Crippen molar-refractivity contribution in [1.29, 1.82) is 0 Å². The lowest BCUT2D eigenvalue weighted by molar-refractivity contribution is 0.0829. The summed E-state index contributed by atoms with van der Waals surface area (Å²) in [5.74, 6) is 4.83. The van der Waals surface area contributed by atoms with Crippen molar-refractivity contribution in [2.24, 2.45) is 0 Å². The standard InChI is InChI=1S/C30H24N6/c1-7-19-25-28(34-16-4-10-22(34)31(19)13-1)26-20-8-2-15-33(20)24-12-6-18-36(24)30(26)27-21-9-3-14-32(21)23-11-5-17-35(23)29(25)27/h1-18,25-30H. The maximum absolute atomic E-state index is 2.58. The van der Waals surface area contributed by atoms with Gasteiger partial charge >= 0.3 is 0 Å². The quantitative estimate of drug-likeness (QED) is 0.270. The summed E-state index contributed by atoms with van der Waals surface area (Å²) in [5, 5.41) is 0. The first-order valence-electron chi connectivity index (χ1n) is 12.9. The summed E-state index contributed by atoms with van der Waals surface area (Å²) in [6.45, 7) is 0. The van der Waals surface area contributed by atoms with E-state index < -0.39 is 0 Å². The van der Waals surface area contributed by atoms with Gasteiger partial charge in [-0.25, -0.2) is 0 Å². The van der Waals surface area contributed by atoms with Crippen molar-refractivity contribution in [3.63, 3.8) is 0 Å². The van der Waals surface area contributed by atoms with Crippen LogP contribution in [0, 0.1) is 0 Å². The van der Waals surface area contributed by atoms with Crippen molar-refractivity contribution >= 4 is 0 Å². The Morgan fingerprint density at radius 3 is 1.00 bits per heavy atom. The molecule has 0 bridgehead atoms. The average molecular weight is 469 g/mol. The van der Waals surface area contributed by atoms with E-state index in [-0.39, 0.29) is 0 Å². The molecule has 4 aliphatic rings. The molecule has 174 valence electrons. The predicted octanol–water partition coefficient (Wildman–Crippen LogP) is 5.79. The Morgan fingerprint density at radius 2 is 0.667 bits per heavy atom. The minimum absolute atomic E-state index is 0.310. The molecule has 6 nitrogen and oxygen atoms in total. The third-order valence-electron chi connectivity index (χ3n) is 9.55.